The first-order valence-electron chi connectivity index (χ1n) is 7.93. The summed E-state index contributed by atoms with van der Waals surface area (Å²) < 4.78 is 5.11. The molecule has 3 heteroatoms. The van der Waals surface area contributed by atoms with Gasteiger partial charge in [0.05, 0.1) is 12.7 Å². The van der Waals surface area contributed by atoms with Gasteiger partial charge in [-0.25, -0.2) is 0 Å². The molecule has 3 aromatic rings. The first-order valence-corrected chi connectivity index (χ1v) is 7.93. The zero-order valence-electron chi connectivity index (χ0n) is 13.8. The molecule has 0 saturated heterocycles. The van der Waals surface area contributed by atoms with Crippen molar-refractivity contribution in [1.29, 1.82) is 0 Å². The van der Waals surface area contributed by atoms with E-state index in [4.69, 9.17) is 4.74 Å². The predicted molar refractivity (Wildman–Crippen MR) is 101 cm³/mol. The van der Waals surface area contributed by atoms with E-state index in [-0.39, 0.29) is 11.5 Å². The van der Waals surface area contributed by atoms with Gasteiger partial charge in [-0.3, -0.25) is 4.79 Å². The van der Waals surface area contributed by atoms with Gasteiger partial charge < -0.3 is 9.84 Å². The maximum Gasteiger partial charge on any atom is 0.189 e. The van der Waals surface area contributed by atoms with Crippen molar-refractivity contribution in [3.05, 3.63) is 90.0 Å². The van der Waals surface area contributed by atoms with Gasteiger partial charge in [-0.1, -0.05) is 60.7 Å². The second kappa shape index (κ2) is 7.49. The van der Waals surface area contributed by atoms with Crippen LogP contribution in [0.5, 0.6) is 11.5 Å². The number of hydrogen-bond donors (Lipinski definition) is 1. The molecule has 124 valence electrons. The number of aromatic hydroxyl groups is 1. The van der Waals surface area contributed by atoms with Crippen molar-refractivity contribution in [2.45, 2.75) is 0 Å². The summed E-state index contributed by atoms with van der Waals surface area (Å²) in [6.07, 6.45) is 6.80. The summed E-state index contributed by atoms with van der Waals surface area (Å²) in [4.78, 5) is 12.3. The van der Waals surface area contributed by atoms with Gasteiger partial charge >= 0.3 is 0 Å². The molecule has 0 aliphatic carbocycles. The molecule has 0 atom stereocenters. The van der Waals surface area contributed by atoms with E-state index in [1.807, 2.05) is 54.6 Å². The molecular formula is C22H18O3. The van der Waals surface area contributed by atoms with Crippen LogP contribution in [0.15, 0.2) is 78.9 Å². The molecule has 0 amide bonds. The highest BCUT2D eigenvalue weighted by Crippen LogP contribution is 2.29. The molecule has 0 unspecified atom stereocenters. The Morgan fingerprint density at radius 2 is 1.72 bits per heavy atom. The van der Waals surface area contributed by atoms with Gasteiger partial charge in [0.2, 0.25) is 0 Å². The largest absolute Gasteiger partial charge is 0.507 e. The number of hydrogen-bond acceptors (Lipinski definition) is 3. The van der Waals surface area contributed by atoms with Crippen LogP contribution in [0.2, 0.25) is 0 Å². The van der Waals surface area contributed by atoms with Crippen LogP contribution in [0.25, 0.3) is 16.8 Å². The van der Waals surface area contributed by atoms with E-state index in [1.165, 1.54) is 6.08 Å². The number of phenols is 1. The minimum Gasteiger partial charge on any atom is -0.507 e. The molecule has 0 heterocycles. The Bertz CT molecular complexity index is 951. The number of rotatable bonds is 5. The van der Waals surface area contributed by atoms with Crippen molar-refractivity contribution >= 4 is 22.6 Å². The normalized spacial score (nSPS) is 11.4. The summed E-state index contributed by atoms with van der Waals surface area (Å²) in [5.74, 6) is 0.587. The second-order valence-electron chi connectivity index (χ2n) is 5.54. The Balaban J connectivity index is 1.74. The Hall–Kier alpha value is -3.33. The lowest BCUT2D eigenvalue weighted by molar-refractivity contribution is 0.104. The van der Waals surface area contributed by atoms with E-state index in [0.717, 1.165) is 16.7 Å². The molecule has 3 aromatic carbocycles. The van der Waals surface area contributed by atoms with Crippen LogP contribution < -0.4 is 4.74 Å². The van der Waals surface area contributed by atoms with Crippen LogP contribution in [0.1, 0.15) is 15.9 Å². The molecule has 0 aliphatic heterocycles. The lowest BCUT2D eigenvalue weighted by Crippen LogP contribution is -1.95. The van der Waals surface area contributed by atoms with Crippen LogP contribution >= 0.6 is 0 Å². The van der Waals surface area contributed by atoms with Gasteiger partial charge in [0.25, 0.3) is 0 Å². The topological polar surface area (TPSA) is 46.5 Å². The molecule has 3 rings (SSSR count). The number of phenolic OH excluding ortho intramolecular Hbond substituents is 1. The fraction of sp³-hybridized carbons (Fsp3) is 0.0455. The zero-order chi connectivity index (χ0) is 17.6. The molecule has 0 radical (unpaired) electrons. The van der Waals surface area contributed by atoms with Gasteiger partial charge in [-0.15, -0.1) is 0 Å². The average Bonchev–Trinajstić information content (AvgIpc) is 2.66. The summed E-state index contributed by atoms with van der Waals surface area (Å²) in [5, 5.41) is 11.9. The van der Waals surface area contributed by atoms with Crippen molar-refractivity contribution in [3.63, 3.8) is 0 Å². The summed E-state index contributed by atoms with van der Waals surface area (Å²) in [6, 6.07) is 18.5. The molecule has 0 aromatic heterocycles. The lowest BCUT2D eigenvalue weighted by Gasteiger charge is -2.05. The number of ketones is 1. The minimum absolute atomic E-state index is 0.0203. The molecule has 0 fully saturated rings. The van der Waals surface area contributed by atoms with E-state index in [2.05, 4.69) is 0 Å². The van der Waals surface area contributed by atoms with E-state index in [9.17, 15) is 9.90 Å². The molecule has 0 spiro atoms. The highest BCUT2D eigenvalue weighted by Gasteiger charge is 2.10. The summed E-state index contributed by atoms with van der Waals surface area (Å²) in [5.41, 5.74) is 1.30. The van der Waals surface area contributed by atoms with E-state index in [1.54, 1.807) is 31.4 Å². The average molecular weight is 330 g/mol. The van der Waals surface area contributed by atoms with Crippen LogP contribution in [0.3, 0.4) is 0 Å². The molecule has 3 nitrogen and oxygen atoms in total. The Kier molecular flexibility index (Phi) is 4.95. The molecule has 0 bridgehead atoms. The SMILES string of the molecule is COc1ccc(/C=C/C=C/C(=O)c2ccc3ccccc3c2O)cc1. The number of carbonyl (C=O) groups is 1. The second-order valence-corrected chi connectivity index (χ2v) is 5.54. The Morgan fingerprint density at radius 1 is 0.960 bits per heavy atom. The Morgan fingerprint density at radius 3 is 2.48 bits per heavy atom. The van der Waals surface area contributed by atoms with Crippen LogP contribution in [0.4, 0.5) is 0 Å². The number of carbonyl (C=O) groups excluding carboxylic acids is 1. The van der Waals surface area contributed by atoms with Gasteiger partial charge in [0.1, 0.15) is 11.5 Å². The van der Waals surface area contributed by atoms with E-state index in [0.29, 0.717) is 10.9 Å². The zero-order valence-corrected chi connectivity index (χ0v) is 13.8. The maximum absolute atomic E-state index is 12.3. The van der Waals surface area contributed by atoms with Gasteiger partial charge in [-0.05, 0) is 35.2 Å². The molecule has 1 N–H and O–H groups in total. The van der Waals surface area contributed by atoms with Crippen molar-refractivity contribution in [2.75, 3.05) is 7.11 Å². The number of fused-ring (bicyclic) bond motifs is 1. The highest BCUT2D eigenvalue weighted by atomic mass is 16.5. The molecular weight excluding hydrogens is 312 g/mol. The fourth-order valence-corrected chi connectivity index (χ4v) is 2.57. The highest BCUT2D eigenvalue weighted by molar-refractivity contribution is 6.10. The third kappa shape index (κ3) is 3.78. The lowest BCUT2D eigenvalue weighted by atomic mass is 10.0. The first-order chi connectivity index (χ1) is 12.2. The number of benzene rings is 3. The Labute approximate surface area is 146 Å². The number of ether oxygens (including phenoxy) is 1. The van der Waals surface area contributed by atoms with Crippen LogP contribution in [-0.2, 0) is 0 Å². The molecule has 0 saturated carbocycles. The molecule has 0 aliphatic rings. The minimum atomic E-state index is -0.234. The first kappa shape index (κ1) is 16.5. The standard InChI is InChI=1S/C22H18O3/c1-25-18-13-10-16(11-14-18)6-2-5-9-21(23)20-15-12-17-7-3-4-8-19(17)22(20)24/h2-15,24H,1H3/b6-2+,9-5+. The summed E-state index contributed by atoms with van der Waals surface area (Å²) >= 11 is 0. The van der Waals surface area contributed by atoms with Gasteiger partial charge in [0, 0.05) is 5.39 Å². The fourth-order valence-electron chi connectivity index (χ4n) is 2.57. The van der Waals surface area contributed by atoms with Crippen molar-refractivity contribution in [1.82, 2.24) is 0 Å². The number of methoxy groups -OCH3 is 1. The predicted octanol–water partition coefficient (Wildman–Crippen LogP) is 5.01. The van der Waals surface area contributed by atoms with E-state index >= 15 is 0 Å². The maximum atomic E-state index is 12.3. The molecule has 25 heavy (non-hydrogen) atoms. The van der Waals surface area contributed by atoms with Crippen molar-refractivity contribution in [2.24, 2.45) is 0 Å². The summed E-state index contributed by atoms with van der Waals surface area (Å²) in [6.45, 7) is 0. The number of allylic oxidation sites excluding steroid dienone is 3. The van der Waals surface area contributed by atoms with Crippen LogP contribution in [0, 0.1) is 0 Å². The van der Waals surface area contributed by atoms with Crippen molar-refractivity contribution < 1.29 is 14.6 Å². The third-order valence-electron chi connectivity index (χ3n) is 3.93. The van der Waals surface area contributed by atoms with Gasteiger partial charge in [-0.2, -0.15) is 0 Å². The van der Waals surface area contributed by atoms with E-state index < -0.39 is 0 Å². The summed E-state index contributed by atoms with van der Waals surface area (Å²) in [7, 11) is 1.63. The third-order valence-corrected chi connectivity index (χ3v) is 3.93. The van der Waals surface area contributed by atoms with Crippen molar-refractivity contribution in [3.8, 4) is 11.5 Å². The monoisotopic (exact) mass is 330 g/mol. The van der Waals surface area contributed by atoms with Gasteiger partial charge in [0.15, 0.2) is 5.78 Å². The quantitative estimate of drug-likeness (QED) is 0.406. The smallest absolute Gasteiger partial charge is 0.189 e. The van der Waals surface area contributed by atoms with Crippen LogP contribution in [-0.4, -0.2) is 18.0 Å².